The van der Waals surface area contributed by atoms with E-state index in [-0.39, 0.29) is 23.8 Å². The van der Waals surface area contributed by atoms with Crippen molar-refractivity contribution in [2.24, 2.45) is 5.92 Å². The molecule has 0 aliphatic carbocycles. The lowest BCUT2D eigenvalue weighted by Gasteiger charge is -2.40. The third kappa shape index (κ3) is 9.47. The average Bonchev–Trinajstić information content (AvgIpc) is 2.68. The minimum Gasteiger partial charge on any atom is -0.444 e. The minimum absolute atomic E-state index is 0.134. The zero-order chi connectivity index (χ0) is 28.0. The molecule has 3 atom stereocenters. The summed E-state index contributed by atoms with van der Waals surface area (Å²) in [6.07, 6.45) is 0.427. The van der Waals surface area contributed by atoms with Gasteiger partial charge in [-0.05, 0) is 97.8 Å². The van der Waals surface area contributed by atoms with E-state index >= 15 is 0 Å². The van der Waals surface area contributed by atoms with Crippen molar-refractivity contribution in [1.82, 2.24) is 15.5 Å². The summed E-state index contributed by atoms with van der Waals surface area (Å²) in [4.78, 5) is 42.5. The van der Waals surface area contributed by atoms with Crippen molar-refractivity contribution in [1.29, 1.82) is 0 Å². The molecule has 0 saturated carbocycles. The van der Waals surface area contributed by atoms with Crippen LogP contribution in [0.4, 0.5) is 4.79 Å². The maximum Gasteiger partial charge on any atom is 0.408 e. The Labute approximate surface area is 218 Å². The lowest BCUT2D eigenvalue weighted by Crippen LogP contribution is -2.57. The SMILES string of the molecule is CCC(C)N(C(=O)C(CC(C)C)NC(=O)OC(C)(C)C)C(C(=O)NC(C)(C)C)c1c(C)cccc1C. The summed E-state index contributed by atoms with van der Waals surface area (Å²) in [5.74, 6) is -0.399. The average molecular weight is 504 g/mol. The van der Waals surface area contributed by atoms with E-state index in [2.05, 4.69) is 10.6 Å². The molecule has 1 aromatic rings. The van der Waals surface area contributed by atoms with Crippen LogP contribution in [0.3, 0.4) is 0 Å². The fourth-order valence-corrected chi connectivity index (χ4v) is 4.21. The van der Waals surface area contributed by atoms with E-state index < -0.39 is 29.3 Å². The topological polar surface area (TPSA) is 87.7 Å². The summed E-state index contributed by atoms with van der Waals surface area (Å²) in [6, 6.07) is 3.95. The van der Waals surface area contributed by atoms with E-state index in [1.165, 1.54) is 0 Å². The molecule has 0 spiro atoms. The number of nitrogens with one attached hydrogen (secondary N) is 2. The van der Waals surface area contributed by atoms with Crippen LogP contribution in [-0.4, -0.2) is 46.0 Å². The third-order valence-corrected chi connectivity index (χ3v) is 5.86. The number of rotatable bonds is 9. The molecule has 3 unspecified atom stereocenters. The summed E-state index contributed by atoms with van der Waals surface area (Å²) >= 11 is 0. The lowest BCUT2D eigenvalue weighted by molar-refractivity contribution is -0.146. The Bertz CT molecular complexity index is 892. The van der Waals surface area contributed by atoms with Crippen molar-refractivity contribution in [3.63, 3.8) is 0 Å². The Hall–Kier alpha value is -2.57. The van der Waals surface area contributed by atoms with Crippen LogP contribution in [0.15, 0.2) is 18.2 Å². The van der Waals surface area contributed by atoms with Crippen LogP contribution in [0.5, 0.6) is 0 Å². The highest BCUT2D eigenvalue weighted by Crippen LogP contribution is 2.32. The summed E-state index contributed by atoms with van der Waals surface area (Å²) in [6.45, 7) is 23.0. The molecule has 3 amide bonds. The van der Waals surface area contributed by atoms with Crippen molar-refractivity contribution < 1.29 is 19.1 Å². The van der Waals surface area contributed by atoms with Gasteiger partial charge in [0, 0.05) is 11.6 Å². The number of ether oxygens (including phenoxy) is 1. The zero-order valence-corrected chi connectivity index (χ0v) is 24.5. The molecule has 0 radical (unpaired) electrons. The number of amides is 3. The maximum atomic E-state index is 14.3. The number of carbonyl (C=O) groups excluding carboxylic acids is 3. The first-order valence-electron chi connectivity index (χ1n) is 13.1. The van der Waals surface area contributed by atoms with Gasteiger partial charge in [0.1, 0.15) is 17.7 Å². The second-order valence-corrected chi connectivity index (χ2v) is 12.3. The van der Waals surface area contributed by atoms with Crippen molar-refractivity contribution in [3.8, 4) is 0 Å². The van der Waals surface area contributed by atoms with E-state index in [9.17, 15) is 14.4 Å². The minimum atomic E-state index is -0.844. The van der Waals surface area contributed by atoms with Crippen LogP contribution in [0.2, 0.25) is 0 Å². The largest absolute Gasteiger partial charge is 0.444 e. The summed E-state index contributed by atoms with van der Waals surface area (Å²) in [7, 11) is 0. The first-order valence-corrected chi connectivity index (χ1v) is 13.1. The van der Waals surface area contributed by atoms with E-state index in [0.29, 0.717) is 12.8 Å². The predicted molar refractivity (Wildman–Crippen MR) is 146 cm³/mol. The molecule has 7 nitrogen and oxygen atoms in total. The molecule has 0 aromatic heterocycles. The van der Waals surface area contributed by atoms with Gasteiger partial charge in [-0.25, -0.2) is 4.79 Å². The van der Waals surface area contributed by atoms with Gasteiger partial charge in [0.15, 0.2) is 0 Å². The van der Waals surface area contributed by atoms with Gasteiger partial charge in [-0.15, -0.1) is 0 Å². The summed E-state index contributed by atoms with van der Waals surface area (Å²) in [5, 5.41) is 5.90. The molecular weight excluding hydrogens is 454 g/mol. The number of hydrogen-bond acceptors (Lipinski definition) is 4. The maximum absolute atomic E-state index is 14.3. The van der Waals surface area contributed by atoms with Crippen molar-refractivity contribution in [3.05, 3.63) is 34.9 Å². The zero-order valence-electron chi connectivity index (χ0n) is 24.5. The Morgan fingerprint density at radius 1 is 0.972 bits per heavy atom. The third-order valence-electron chi connectivity index (χ3n) is 5.86. The quantitative estimate of drug-likeness (QED) is 0.444. The van der Waals surface area contributed by atoms with Gasteiger partial charge < -0.3 is 20.3 Å². The first-order chi connectivity index (χ1) is 16.4. The molecule has 0 heterocycles. The highest BCUT2D eigenvalue weighted by atomic mass is 16.6. The molecule has 2 N–H and O–H groups in total. The molecule has 1 aromatic carbocycles. The van der Waals surface area contributed by atoms with E-state index in [0.717, 1.165) is 16.7 Å². The van der Waals surface area contributed by atoms with Crippen LogP contribution >= 0.6 is 0 Å². The Morgan fingerprint density at radius 3 is 1.92 bits per heavy atom. The number of nitrogens with zero attached hydrogens (tertiary/aromatic N) is 1. The molecule has 36 heavy (non-hydrogen) atoms. The Balaban J connectivity index is 3.68. The molecule has 0 aliphatic rings. The first kappa shape index (κ1) is 31.5. The number of alkyl carbamates (subject to hydrolysis) is 1. The lowest BCUT2D eigenvalue weighted by atomic mass is 9.91. The molecular formula is C29H49N3O4. The van der Waals surface area contributed by atoms with Crippen LogP contribution in [0.1, 0.15) is 105 Å². The van der Waals surface area contributed by atoms with Gasteiger partial charge in [0.05, 0.1) is 0 Å². The summed E-state index contributed by atoms with van der Waals surface area (Å²) < 4.78 is 5.46. The van der Waals surface area contributed by atoms with Gasteiger partial charge in [0.2, 0.25) is 11.8 Å². The Kier molecular flexibility index (Phi) is 11.0. The van der Waals surface area contributed by atoms with E-state index in [1.54, 1.807) is 25.7 Å². The predicted octanol–water partition coefficient (Wildman–Crippen LogP) is 5.83. The second-order valence-electron chi connectivity index (χ2n) is 12.3. The monoisotopic (exact) mass is 503 g/mol. The fourth-order valence-electron chi connectivity index (χ4n) is 4.21. The van der Waals surface area contributed by atoms with Gasteiger partial charge in [-0.3, -0.25) is 9.59 Å². The van der Waals surface area contributed by atoms with E-state index in [1.807, 2.05) is 80.5 Å². The van der Waals surface area contributed by atoms with Crippen molar-refractivity contribution in [2.75, 3.05) is 0 Å². The molecule has 1 rings (SSSR count). The smallest absolute Gasteiger partial charge is 0.408 e. The Morgan fingerprint density at radius 2 is 1.50 bits per heavy atom. The van der Waals surface area contributed by atoms with Crippen LogP contribution in [-0.2, 0) is 14.3 Å². The highest BCUT2D eigenvalue weighted by molar-refractivity contribution is 5.93. The molecule has 0 saturated heterocycles. The van der Waals surface area contributed by atoms with Gasteiger partial charge >= 0.3 is 6.09 Å². The van der Waals surface area contributed by atoms with Gasteiger partial charge in [-0.1, -0.05) is 39.0 Å². The van der Waals surface area contributed by atoms with E-state index in [4.69, 9.17) is 4.74 Å². The van der Waals surface area contributed by atoms with Crippen molar-refractivity contribution in [2.45, 2.75) is 125 Å². The molecule has 204 valence electrons. The molecule has 0 aliphatic heterocycles. The second kappa shape index (κ2) is 12.6. The number of carbonyl (C=O) groups is 3. The molecule has 0 bridgehead atoms. The van der Waals surface area contributed by atoms with Crippen LogP contribution in [0, 0.1) is 19.8 Å². The van der Waals surface area contributed by atoms with Crippen LogP contribution in [0.25, 0.3) is 0 Å². The fraction of sp³-hybridized carbons (Fsp3) is 0.690. The van der Waals surface area contributed by atoms with Gasteiger partial charge in [0.25, 0.3) is 0 Å². The molecule has 0 fully saturated rings. The van der Waals surface area contributed by atoms with Gasteiger partial charge in [-0.2, -0.15) is 0 Å². The number of hydrogen-bond donors (Lipinski definition) is 2. The van der Waals surface area contributed by atoms with Crippen LogP contribution < -0.4 is 10.6 Å². The highest BCUT2D eigenvalue weighted by Gasteiger charge is 2.40. The van der Waals surface area contributed by atoms with Crippen molar-refractivity contribution >= 4 is 17.9 Å². The number of benzene rings is 1. The molecule has 7 heteroatoms. The standard InChI is InChI=1S/C29H49N3O4/c1-13-21(6)32(26(34)22(17-18(2)3)30-27(35)36-29(10,11)12)24(25(33)31-28(7,8)9)23-19(4)15-14-16-20(23)5/h14-16,18,21-22,24H,13,17H2,1-12H3,(H,30,35)(H,31,33). The normalized spacial score (nSPS) is 14.6. The summed E-state index contributed by atoms with van der Waals surface area (Å²) in [5.41, 5.74) is 1.51. The number of aryl methyl sites for hydroxylation is 2.